The van der Waals surface area contributed by atoms with E-state index >= 15 is 0 Å². The highest BCUT2D eigenvalue weighted by molar-refractivity contribution is 5.76. The number of pyridine rings is 1. The van der Waals surface area contributed by atoms with Gasteiger partial charge in [0.15, 0.2) is 5.82 Å². The van der Waals surface area contributed by atoms with E-state index in [0.29, 0.717) is 31.9 Å². The standard InChI is InChI=1S/C22H23N7O2/c30-21-5-4-19(16-6-8-23-9-7-16)26-29(21)15-22(31)28-12-10-27(11-13-28)20-14-17-2-1-3-18(17)24-25-20/h4-9,14H,1-3,10-13,15H2. The molecular formula is C22H23N7O2. The topological polar surface area (TPSA) is 97.1 Å². The third kappa shape index (κ3) is 4.03. The zero-order valence-corrected chi connectivity index (χ0v) is 17.1. The van der Waals surface area contributed by atoms with Gasteiger partial charge in [-0.3, -0.25) is 14.6 Å². The second-order valence-corrected chi connectivity index (χ2v) is 7.85. The van der Waals surface area contributed by atoms with Gasteiger partial charge in [-0.1, -0.05) is 0 Å². The van der Waals surface area contributed by atoms with Crippen LogP contribution in [-0.4, -0.2) is 61.9 Å². The summed E-state index contributed by atoms with van der Waals surface area (Å²) >= 11 is 0. The van der Waals surface area contributed by atoms with Crippen LogP contribution in [0.15, 0.2) is 47.5 Å². The van der Waals surface area contributed by atoms with E-state index in [1.165, 1.54) is 16.3 Å². The minimum Gasteiger partial charge on any atom is -0.352 e. The van der Waals surface area contributed by atoms with Gasteiger partial charge in [0.25, 0.3) is 5.56 Å². The molecule has 0 bridgehead atoms. The van der Waals surface area contributed by atoms with E-state index in [9.17, 15) is 9.59 Å². The lowest BCUT2D eigenvalue weighted by atomic mass is 10.2. The van der Waals surface area contributed by atoms with Gasteiger partial charge in [-0.05, 0) is 49.1 Å². The molecule has 3 aromatic rings. The van der Waals surface area contributed by atoms with Gasteiger partial charge in [-0.25, -0.2) is 4.68 Å². The van der Waals surface area contributed by atoms with E-state index in [-0.39, 0.29) is 18.0 Å². The number of aryl methyl sites for hydroxylation is 2. The summed E-state index contributed by atoms with van der Waals surface area (Å²) in [6.45, 7) is 2.47. The maximum absolute atomic E-state index is 12.8. The SMILES string of the molecule is O=C(Cn1nc(-c2ccncc2)ccc1=O)N1CCN(c2cc3c(nn2)CCC3)CC1. The van der Waals surface area contributed by atoms with Crippen LogP contribution in [0.5, 0.6) is 0 Å². The third-order valence-corrected chi connectivity index (χ3v) is 5.89. The first-order valence-electron chi connectivity index (χ1n) is 10.5. The number of carbonyl (C=O) groups is 1. The fourth-order valence-electron chi connectivity index (χ4n) is 4.12. The fourth-order valence-corrected chi connectivity index (χ4v) is 4.12. The number of aromatic nitrogens is 5. The number of piperazine rings is 1. The van der Waals surface area contributed by atoms with Crippen molar-refractivity contribution in [2.45, 2.75) is 25.8 Å². The molecule has 3 aromatic heterocycles. The summed E-state index contributed by atoms with van der Waals surface area (Å²) in [4.78, 5) is 33.0. The van der Waals surface area contributed by atoms with Gasteiger partial charge in [0.05, 0.1) is 11.4 Å². The highest BCUT2D eigenvalue weighted by Crippen LogP contribution is 2.23. The number of anilines is 1. The molecule has 0 atom stereocenters. The number of rotatable bonds is 4. The second kappa shape index (κ2) is 8.25. The Morgan fingerprint density at radius 2 is 1.77 bits per heavy atom. The average Bonchev–Trinajstić information content (AvgIpc) is 3.29. The molecule has 1 amide bonds. The predicted octanol–water partition coefficient (Wildman–Crippen LogP) is 0.933. The van der Waals surface area contributed by atoms with Crippen molar-refractivity contribution in [3.05, 3.63) is 64.3 Å². The quantitative estimate of drug-likeness (QED) is 0.623. The van der Waals surface area contributed by atoms with Crippen molar-refractivity contribution in [2.75, 3.05) is 31.1 Å². The molecule has 1 saturated heterocycles. The van der Waals surface area contributed by atoms with Crippen LogP contribution in [0.1, 0.15) is 17.7 Å². The van der Waals surface area contributed by atoms with Crippen molar-refractivity contribution in [3.63, 3.8) is 0 Å². The van der Waals surface area contributed by atoms with Crippen LogP contribution in [0, 0.1) is 0 Å². The van der Waals surface area contributed by atoms with Crippen molar-refractivity contribution in [2.24, 2.45) is 0 Å². The van der Waals surface area contributed by atoms with Crippen LogP contribution < -0.4 is 10.5 Å². The first kappa shape index (κ1) is 19.3. The molecule has 1 fully saturated rings. The summed E-state index contributed by atoms with van der Waals surface area (Å²) in [6.07, 6.45) is 6.56. The summed E-state index contributed by atoms with van der Waals surface area (Å²) in [5, 5.41) is 13.1. The zero-order chi connectivity index (χ0) is 21.2. The Kier molecular flexibility index (Phi) is 5.15. The predicted molar refractivity (Wildman–Crippen MR) is 115 cm³/mol. The molecule has 0 N–H and O–H groups in total. The van der Waals surface area contributed by atoms with Crippen LogP contribution >= 0.6 is 0 Å². The van der Waals surface area contributed by atoms with Crippen LogP contribution in [0.2, 0.25) is 0 Å². The van der Waals surface area contributed by atoms with E-state index in [0.717, 1.165) is 36.3 Å². The molecule has 5 rings (SSSR count). The first-order valence-corrected chi connectivity index (χ1v) is 10.5. The summed E-state index contributed by atoms with van der Waals surface area (Å²) in [7, 11) is 0. The Bertz CT molecular complexity index is 1150. The van der Waals surface area contributed by atoms with E-state index in [1.54, 1.807) is 23.4 Å². The van der Waals surface area contributed by atoms with E-state index in [1.807, 2.05) is 12.1 Å². The summed E-state index contributed by atoms with van der Waals surface area (Å²) in [5.41, 5.74) is 3.60. The molecule has 0 radical (unpaired) electrons. The number of hydrogen-bond donors (Lipinski definition) is 0. The number of hydrogen-bond acceptors (Lipinski definition) is 7. The monoisotopic (exact) mass is 417 g/mol. The van der Waals surface area contributed by atoms with Crippen molar-refractivity contribution < 1.29 is 4.79 Å². The van der Waals surface area contributed by atoms with Gasteiger partial charge < -0.3 is 9.80 Å². The molecule has 9 nitrogen and oxygen atoms in total. The first-order chi connectivity index (χ1) is 15.2. The Morgan fingerprint density at radius 3 is 2.58 bits per heavy atom. The van der Waals surface area contributed by atoms with Crippen LogP contribution in [0.25, 0.3) is 11.3 Å². The molecule has 158 valence electrons. The van der Waals surface area contributed by atoms with Gasteiger partial charge in [0.2, 0.25) is 5.91 Å². The van der Waals surface area contributed by atoms with Crippen LogP contribution in [0.3, 0.4) is 0 Å². The zero-order valence-electron chi connectivity index (χ0n) is 17.1. The lowest BCUT2D eigenvalue weighted by Crippen LogP contribution is -2.50. The summed E-state index contributed by atoms with van der Waals surface area (Å²) in [6, 6.07) is 8.89. The van der Waals surface area contributed by atoms with Gasteiger partial charge in [0.1, 0.15) is 6.54 Å². The largest absolute Gasteiger partial charge is 0.352 e. The molecule has 0 unspecified atom stereocenters. The molecule has 1 aliphatic heterocycles. The third-order valence-electron chi connectivity index (χ3n) is 5.89. The second-order valence-electron chi connectivity index (χ2n) is 7.85. The lowest BCUT2D eigenvalue weighted by Gasteiger charge is -2.35. The maximum Gasteiger partial charge on any atom is 0.267 e. The van der Waals surface area contributed by atoms with Gasteiger partial charge >= 0.3 is 0 Å². The van der Waals surface area contributed by atoms with Crippen molar-refractivity contribution >= 4 is 11.7 Å². The molecule has 0 saturated carbocycles. The van der Waals surface area contributed by atoms with Crippen LogP contribution in [-0.2, 0) is 24.2 Å². The molecule has 31 heavy (non-hydrogen) atoms. The minimum absolute atomic E-state index is 0.0730. The number of fused-ring (bicyclic) bond motifs is 1. The van der Waals surface area contributed by atoms with Gasteiger partial charge in [0, 0.05) is 50.2 Å². The van der Waals surface area contributed by atoms with Crippen molar-refractivity contribution in [1.29, 1.82) is 0 Å². The Morgan fingerprint density at radius 1 is 0.968 bits per heavy atom. The average molecular weight is 417 g/mol. The molecule has 9 heteroatoms. The highest BCUT2D eigenvalue weighted by atomic mass is 16.2. The lowest BCUT2D eigenvalue weighted by molar-refractivity contribution is -0.132. The molecule has 0 aromatic carbocycles. The summed E-state index contributed by atoms with van der Waals surface area (Å²) in [5.74, 6) is 0.775. The van der Waals surface area contributed by atoms with E-state index < -0.39 is 0 Å². The van der Waals surface area contributed by atoms with E-state index in [2.05, 4.69) is 31.2 Å². The molecule has 0 spiro atoms. The molecule has 2 aliphatic rings. The molecule has 1 aliphatic carbocycles. The number of amides is 1. The maximum atomic E-state index is 12.8. The molecule has 4 heterocycles. The highest BCUT2D eigenvalue weighted by Gasteiger charge is 2.24. The van der Waals surface area contributed by atoms with Crippen molar-refractivity contribution in [3.8, 4) is 11.3 Å². The normalized spacial score (nSPS) is 15.7. The molecular weight excluding hydrogens is 394 g/mol. The van der Waals surface area contributed by atoms with Crippen molar-refractivity contribution in [1.82, 2.24) is 29.9 Å². The smallest absolute Gasteiger partial charge is 0.267 e. The van der Waals surface area contributed by atoms with Gasteiger partial charge in [-0.2, -0.15) is 10.2 Å². The van der Waals surface area contributed by atoms with Gasteiger partial charge in [-0.15, -0.1) is 5.10 Å². The minimum atomic E-state index is -0.293. The Labute approximate surface area is 179 Å². The number of carbonyl (C=O) groups excluding carboxylic acids is 1. The van der Waals surface area contributed by atoms with E-state index in [4.69, 9.17) is 0 Å². The Balaban J connectivity index is 1.24. The number of nitrogens with zero attached hydrogens (tertiary/aromatic N) is 7. The van der Waals surface area contributed by atoms with Crippen LogP contribution in [0.4, 0.5) is 5.82 Å². The summed E-state index contributed by atoms with van der Waals surface area (Å²) < 4.78 is 1.23. The fraction of sp³-hybridized carbons (Fsp3) is 0.364. The Hall–Kier alpha value is -3.62.